The van der Waals surface area contributed by atoms with Gasteiger partial charge < -0.3 is 10.1 Å². The molecule has 0 radical (unpaired) electrons. The number of carbonyl (C=O) groups is 1. The van der Waals surface area contributed by atoms with Crippen LogP contribution >= 0.6 is 11.8 Å². The molecule has 2 heterocycles. The maximum absolute atomic E-state index is 12.3. The monoisotopic (exact) mass is 328 g/mol. The Hall–Kier alpha value is -2.01. The number of rotatable bonds is 4. The summed E-state index contributed by atoms with van der Waals surface area (Å²) < 4.78 is 5.80. The van der Waals surface area contributed by atoms with Gasteiger partial charge in [0.25, 0.3) is 5.91 Å². The first-order valence-electron chi connectivity index (χ1n) is 7.70. The van der Waals surface area contributed by atoms with E-state index >= 15 is 0 Å². The number of hydrogen-bond acceptors (Lipinski definition) is 4. The minimum Gasteiger partial charge on any atom is -0.473 e. The van der Waals surface area contributed by atoms with Crippen LogP contribution in [0.2, 0.25) is 0 Å². The minimum atomic E-state index is -0.162. The number of aromatic nitrogens is 1. The average molecular weight is 328 g/mol. The van der Waals surface area contributed by atoms with Crippen molar-refractivity contribution in [2.24, 2.45) is 0 Å². The number of benzene rings is 1. The van der Waals surface area contributed by atoms with E-state index < -0.39 is 0 Å². The van der Waals surface area contributed by atoms with E-state index in [1.54, 1.807) is 18.3 Å². The molecule has 1 aromatic carbocycles. The van der Waals surface area contributed by atoms with Crippen LogP contribution in [0.25, 0.3) is 0 Å². The number of hydrogen-bond donors (Lipinski definition) is 1. The topological polar surface area (TPSA) is 51.2 Å². The highest BCUT2D eigenvalue weighted by Gasteiger charge is 2.17. The Morgan fingerprint density at radius 2 is 2.04 bits per heavy atom. The first-order chi connectivity index (χ1) is 11.1. The summed E-state index contributed by atoms with van der Waals surface area (Å²) in [5, 5.41) is 2.91. The lowest BCUT2D eigenvalue weighted by Gasteiger charge is -2.11. The Morgan fingerprint density at radius 3 is 2.65 bits per heavy atom. The summed E-state index contributed by atoms with van der Waals surface area (Å²) in [7, 11) is 0. The van der Waals surface area contributed by atoms with Gasteiger partial charge in [0.1, 0.15) is 6.10 Å². The summed E-state index contributed by atoms with van der Waals surface area (Å²) in [4.78, 5) is 16.5. The highest BCUT2D eigenvalue weighted by atomic mass is 32.2. The Bertz CT molecular complexity index is 674. The van der Waals surface area contributed by atoms with Gasteiger partial charge in [-0.1, -0.05) is 6.07 Å². The van der Waals surface area contributed by atoms with Crippen molar-refractivity contribution in [2.45, 2.75) is 26.4 Å². The highest BCUT2D eigenvalue weighted by molar-refractivity contribution is 7.99. The smallest absolute Gasteiger partial charge is 0.257 e. The molecule has 120 valence electrons. The van der Waals surface area contributed by atoms with Crippen LogP contribution in [-0.2, 0) is 0 Å². The largest absolute Gasteiger partial charge is 0.473 e. The molecule has 5 heteroatoms. The lowest BCUT2D eigenvalue weighted by Crippen LogP contribution is -2.16. The minimum absolute atomic E-state index is 0.162. The van der Waals surface area contributed by atoms with Crippen LogP contribution in [0, 0.1) is 13.8 Å². The Balaban J connectivity index is 1.65. The summed E-state index contributed by atoms with van der Waals surface area (Å²) in [6, 6.07) is 9.49. The quantitative estimate of drug-likeness (QED) is 0.926. The molecule has 1 unspecified atom stereocenters. The van der Waals surface area contributed by atoms with E-state index in [9.17, 15) is 4.79 Å². The maximum Gasteiger partial charge on any atom is 0.257 e. The molecular weight excluding hydrogens is 308 g/mol. The van der Waals surface area contributed by atoms with E-state index in [0.29, 0.717) is 11.4 Å². The SMILES string of the molecule is Cc1cc(C)cc(NC(=O)c2ccc(OC3CCSC3)nc2)c1. The third-order valence-electron chi connectivity index (χ3n) is 3.65. The lowest BCUT2D eigenvalue weighted by molar-refractivity contribution is 0.102. The van der Waals surface area contributed by atoms with Crippen LogP contribution < -0.4 is 10.1 Å². The number of thioether (sulfide) groups is 1. The standard InChI is InChI=1S/C18H20N2O2S/c1-12-7-13(2)9-15(8-12)20-18(21)14-3-4-17(19-10-14)22-16-5-6-23-11-16/h3-4,7-10,16H,5-6,11H2,1-2H3,(H,20,21). The molecule has 0 spiro atoms. The molecule has 1 fully saturated rings. The number of nitrogens with zero attached hydrogens (tertiary/aromatic N) is 1. The summed E-state index contributed by atoms with van der Waals surface area (Å²) in [5.41, 5.74) is 3.57. The van der Waals surface area contributed by atoms with E-state index in [0.717, 1.165) is 34.7 Å². The molecule has 3 rings (SSSR count). The second-order valence-electron chi connectivity index (χ2n) is 5.82. The van der Waals surface area contributed by atoms with Crippen LogP contribution in [0.1, 0.15) is 27.9 Å². The van der Waals surface area contributed by atoms with Gasteiger partial charge in [0.15, 0.2) is 0 Å². The van der Waals surface area contributed by atoms with Crippen molar-refractivity contribution in [3.05, 3.63) is 53.2 Å². The molecule has 0 bridgehead atoms. The van der Waals surface area contributed by atoms with E-state index in [-0.39, 0.29) is 12.0 Å². The third-order valence-corrected chi connectivity index (χ3v) is 4.79. The molecule has 1 aliphatic rings. The van der Waals surface area contributed by atoms with Gasteiger partial charge in [0, 0.05) is 23.7 Å². The molecule has 0 aliphatic carbocycles. The Kier molecular flexibility index (Phi) is 4.86. The molecule has 1 saturated heterocycles. The van der Waals surface area contributed by atoms with Crippen molar-refractivity contribution in [1.29, 1.82) is 0 Å². The fraction of sp³-hybridized carbons (Fsp3) is 0.333. The number of ether oxygens (including phenoxy) is 1. The zero-order chi connectivity index (χ0) is 16.2. The van der Waals surface area contributed by atoms with Crippen LogP contribution in [0.3, 0.4) is 0 Å². The number of pyridine rings is 1. The fourth-order valence-electron chi connectivity index (χ4n) is 2.61. The van der Waals surface area contributed by atoms with Crippen molar-refractivity contribution in [3.8, 4) is 5.88 Å². The predicted molar refractivity (Wildman–Crippen MR) is 94.5 cm³/mol. The Morgan fingerprint density at radius 1 is 1.26 bits per heavy atom. The van der Waals surface area contributed by atoms with Crippen LogP contribution in [-0.4, -0.2) is 28.5 Å². The molecule has 23 heavy (non-hydrogen) atoms. The fourth-order valence-corrected chi connectivity index (χ4v) is 3.70. The lowest BCUT2D eigenvalue weighted by atomic mass is 10.1. The summed E-state index contributed by atoms with van der Waals surface area (Å²) in [6.45, 7) is 4.02. The average Bonchev–Trinajstić information content (AvgIpc) is 3.00. The van der Waals surface area contributed by atoms with Crippen molar-refractivity contribution < 1.29 is 9.53 Å². The molecule has 1 aromatic heterocycles. The predicted octanol–water partition coefficient (Wildman–Crippen LogP) is 3.84. The van der Waals surface area contributed by atoms with Crippen molar-refractivity contribution >= 4 is 23.4 Å². The van der Waals surface area contributed by atoms with Crippen LogP contribution in [0.5, 0.6) is 5.88 Å². The van der Waals surface area contributed by atoms with Gasteiger partial charge in [0.05, 0.1) is 5.56 Å². The number of anilines is 1. The molecule has 4 nitrogen and oxygen atoms in total. The van der Waals surface area contributed by atoms with E-state index in [2.05, 4.69) is 16.4 Å². The van der Waals surface area contributed by atoms with Crippen molar-refractivity contribution in [1.82, 2.24) is 4.98 Å². The van der Waals surface area contributed by atoms with Crippen LogP contribution in [0.15, 0.2) is 36.5 Å². The number of amides is 1. The number of nitrogens with one attached hydrogen (secondary N) is 1. The number of aryl methyl sites for hydroxylation is 2. The zero-order valence-corrected chi connectivity index (χ0v) is 14.2. The summed E-state index contributed by atoms with van der Waals surface area (Å²) in [6.07, 6.45) is 2.86. The molecular formula is C18H20N2O2S. The second kappa shape index (κ2) is 7.04. The van der Waals surface area contributed by atoms with Crippen molar-refractivity contribution in [2.75, 3.05) is 16.8 Å². The van der Waals surface area contributed by atoms with Gasteiger partial charge >= 0.3 is 0 Å². The third kappa shape index (κ3) is 4.26. The summed E-state index contributed by atoms with van der Waals surface area (Å²) >= 11 is 1.90. The van der Waals surface area contributed by atoms with E-state index in [4.69, 9.17) is 4.74 Å². The molecule has 2 aromatic rings. The van der Waals surface area contributed by atoms with Crippen LogP contribution in [0.4, 0.5) is 5.69 Å². The molecule has 0 saturated carbocycles. The highest BCUT2D eigenvalue weighted by Crippen LogP contribution is 2.22. The molecule has 1 aliphatic heterocycles. The first-order valence-corrected chi connectivity index (χ1v) is 8.86. The molecule has 1 amide bonds. The van der Waals surface area contributed by atoms with Gasteiger partial charge in [0.2, 0.25) is 5.88 Å². The van der Waals surface area contributed by atoms with Gasteiger partial charge in [-0.05, 0) is 55.3 Å². The van der Waals surface area contributed by atoms with Crippen molar-refractivity contribution in [3.63, 3.8) is 0 Å². The first kappa shape index (κ1) is 15.9. The van der Waals surface area contributed by atoms with Gasteiger partial charge in [-0.25, -0.2) is 4.98 Å². The maximum atomic E-state index is 12.3. The summed E-state index contributed by atoms with van der Waals surface area (Å²) in [5.74, 6) is 2.57. The Labute approximate surface area is 140 Å². The molecule has 1 atom stereocenters. The zero-order valence-electron chi connectivity index (χ0n) is 13.3. The second-order valence-corrected chi connectivity index (χ2v) is 6.97. The van der Waals surface area contributed by atoms with Gasteiger partial charge in [-0.15, -0.1) is 0 Å². The van der Waals surface area contributed by atoms with Gasteiger partial charge in [-0.3, -0.25) is 4.79 Å². The van der Waals surface area contributed by atoms with E-state index in [1.165, 1.54) is 0 Å². The normalized spacial score (nSPS) is 17.0. The van der Waals surface area contributed by atoms with E-state index in [1.807, 2.05) is 37.7 Å². The molecule has 1 N–H and O–H groups in total. The van der Waals surface area contributed by atoms with Gasteiger partial charge in [-0.2, -0.15) is 11.8 Å². The number of carbonyl (C=O) groups excluding carboxylic acids is 1.